The normalized spacial score (nSPS) is 25.7. The maximum absolute atomic E-state index is 12.5. The molecule has 1 aromatic carbocycles. The highest BCUT2D eigenvalue weighted by Crippen LogP contribution is 2.34. The molecule has 1 nitrogen and oxygen atoms in total. The third kappa shape index (κ3) is 2.44. The molecule has 0 bridgehead atoms. The molecule has 86 valence electrons. The lowest BCUT2D eigenvalue weighted by Gasteiger charge is -2.27. The van der Waals surface area contributed by atoms with Crippen molar-refractivity contribution in [2.75, 3.05) is 0 Å². The predicted octanol–water partition coefficient (Wildman–Crippen LogP) is 3.64. The van der Waals surface area contributed by atoms with Gasteiger partial charge in [-0.05, 0) is 12.0 Å². The molecular formula is C12H11F3O. The SMILES string of the molecule is FC(F)(F)[C@@H]1C=CC[C@H](c2ccccc2)O1. The molecule has 1 heterocycles. The van der Waals surface area contributed by atoms with E-state index >= 15 is 0 Å². The lowest BCUT2D eigenvalue weighted by molar-refractivity contribution is -0.220. The highest BCUT2D eigenvalue weighted by atomic mass is 19.4. The van der Waals surface area contributed by atoms with Crippen LogP contribution in [0.15, 0.2) is 42.5 Å². The smallest absolute Gasteiger partial charge is 0.356 e. The third-order valence-corrected chi connectivity index (χ3v) is 2.47. The van der Waals surface area contributed by atoms with E-state index in [4.69, 9.17) is 4.74 Å². The van der Waals surface area contributed by atoms with Crippen LogP contribution in [0.25, 0.3) is 0 Å². The minimum atomic E-state index is -4.33. The van der Waals surface area contributed by atoms with E-state index in [1.807, 2.05) is 6.07 Å². The zero-order valence-corrected chi connectivity index (χ0v) is 8.45. The monoisotopic (exact) mass is 228 g/mol. The standard InChI is InChI=1S/C12H11F3O/c13-12(14,15)11-8-4-7-10(16-11)9-5-2-1-3-6-9/h1-6,8,10-11H,7H2/t10-,11+/m1/s1. The molecular weight excluding hydrogens is 217 g/mol. The van der Waals surface area contributed by atoms with E-state index in [9.17, 15) is 13.2 Å². The first-order chi connectivity index (χ1) is 7.57. The van der Waals surface area contributed by atoms with Crippen molar-refractivity contribution in [3.05, 3.63) is 48.0 Å². The Balaban J connectivity index is 2.14. The van der Waals surface area contributed by atoms with Crippen LogP contribution < -0.4 is 0 Å². The average Bonchev–Trinajstić information content (AvgIpc) is 2.29. The molecule has 0 radical (unpaired) electrons. The molecule has 1 aliphatic heterocycles. The van der Waals surface area contributed by atoms with Gasteiger partial charge in [-0.25, -0.2) is 0 Å². The van der Waals surface area contributed by atoms with Gasteiger partial charge in [-0.2, -0.15) is 13.2 Å². The summed E-state index contributed by atoms with van der Waals surface area (Å²) in [6.45, 7) is 0. The Kier molecular flexibility index (Phi) is 3.01. The first kappa shape index (κ1) is 11.2. The topological polar surface area (TPSA) is 9.23 Å². The van der Waals surface area contributed by atoms with Crippen LogP contribution in [0.2, 0.25) is 0 Å². The van der Waals surface area contributed by atoms with E-state index in [1.165, 1.54) is 6.08 Å². The van der Waals surface area contributed by atoms with Crippen molar-refractivity contribution in [1.82, 2.24) is 0 Å². The Hall–Kier alpha value is -1.29. The third-order valence-electron chi connectivity index (χ3n) is 2.47. The van der Waals surface area contributed by atoms with E-state index in [-0.39, 0.29) is 0 Å². The summed E-state index contributed by atoms with van der Waals surface area (Å²) in [5, 5.41) is 0. The predicted molar refractivity (Wildman–Crippen MR) is 53.9 cm³/mol. The van der Waals surface area contributed by atoms with E-state index in [1.54, 1.807) is 24.3 Å². The fourth-order valence-corrected chi connectivity index (χ4v) is 1.67. The van der Waals surface area contributed by atoms with Gasteiger partial charge in [0.05, 0.1) is 6.10 Å². The zero-order chi connectivity index (χ0) is 11.6. The van der Waals surface area contributed by atoms with Crippen molar-refractivity contribution in [2.45, 2.75) is 24.8 Å². The number of hydrogen-bond acceptors (Lipinski definition) is 1. The second-order valence-electron chi connectivity index (χ2n) is 3.66. The van der Waals surface area contributed by atoms with Gasteiger partial charge >= 0.3 is 6.18 Å². The quantitative estimate of drug-likeness (QED) is 0.667. The van der Waals surface area contributed by atoms with Crippen LogP contribution >= 0.6 is 0 Å². The Labute approximate surface area is 91.5 Å². The second kappa shape index (κ2) is 4.29. The van der Waals surface area contributed by atoms with Crippen molar-refractivity contribution in [3.63, 3.8) is 0 Å². The summed E-state index contributed by atoms with van der Waals surface area (Å²) < 4.78 is 42.4. The molecule has 2 atom stereocenters. The highest BCUT2D eigenvalue weighted by Gasteiger charge is 2.41. The van der Waals surface area contributed by atoms with Crippen molar-refractivity contribution in [2.24, 2.45) is 0 Å². The van der Waals surface area contributed by atoms with Crippen LogP contribution in [0.3, 0.4) is 0 Å². The molecule has 2 rings (SSSR count). The molecule has 0 aliphatic carbocycles. The number of benzene rings is 1. The van der Waals surface area contributed by atoms with Gasteiger partial charge in [-0.3, -0.25) is 0 Å². The number of hydrogen-bond donors (Lipinski definition) is 0. The Bertz CT molecular complexity index is 370. The van der Waals surface area contributed by atoms with Crippen molar-refractivity contribution >= 4 is 0 Å². The molecule has 1 aliphatic rings. The van der Waals surface area contributed by atoms with Crippen LogP contribution in [-0.2, 0) is 4.74 Å². The summed E-state index contributed by atoms with van der Waals surface area (Å²) in [6, 6.07) is 8.96. The Morgan fingerprint density at radius 2 is 1.81 bits per heavy atom. The molecule has 16 heavy (non-hydrogen) atoms. The lowest BCUT2D eigenvalue weighted by Crippen LogP contribution is -2.33. The van der Waals surface area contributed by atoms with Gasteiger partial charge in [0.2, 0.25) is 0 Å². The summed E-state index contributed by atoms with van der Waals surface area (Å²) >= 11 is 0. The molecule has 0 amide bonds. The molecule has 1 aromatic rings. The van der Waals surface area contributed by atoms with Gasteiger partial charge in [0.1, 0.15) is 0 Å². The molecule has 0 fully saturated rings. The van der Waals surface area contributed by atoms with E-state index in [2.05, 4.69) is 0 Å². The van der Waals surface area contributed by atoms with Crippen LogP contribution in [0.5, 0.6) is 0 Å². The van der Waals surface area contributed by atoms with Gasteiger partial charge in [0, 0.05) is 0 Å². The highest BCUT2D eigenvalue weighted by molar-refractivity contribution is 5.20. The van der Waals surface area contributed by atoms with Gasteiger partial charge in [-0.1, -0.05) is 42.5 Å². The van der Waals surface area contributed by atoms with Crippen molar-refractivity contribution < 1.29 is 17.9 Å². The van der Waals surface area contributed by atoms with E-state index in [0.717, 1.165) is 11.6 Å². The van der Waals surface area contributed by atoms with Gasteiger partial charge in [-0.15, -0.1) is 0 Å². The Morgan fingerprint density at radius 1 is 1.12 bits per heavy atom. The van der Waals surface area contributed by atoms with Crippen molar-refractivity contribution in [1.29, 1.82) is 0 Å². The van der Waals surface area contributed by atoms with Crippen LogP contribution in [0.1, 0.15) is 18.1 Å². The van der Waals surface area contributed by atoms with Crippen LogP contribution in [0, 0.1) is 0 Å². The number of alkyl halides is 3. The van der Waals surface area contributed by atoms with E-state index in [0.29, 0.717) is 6.42 Å². The number of rotatable bonds is 1. The molecule has 0 unspecified atom stereocenters. The summed E-state index contributed by atoms with van der Waals surface area (Å²) in [6.07, 6.45) is -3.54. The molecule has 0 spiro atoms. The maximum atomic E-state index is 12.5. The molecule has 0 N–H and O–H groups in total. The van der Waals surface area contributed by atoms with Crippen LogP contribution in [-0.4, -0.2) is 12.3 Å². The lowest BCUT2D eigenvalue weighted by atomic mass is 10.0. The molecule has 0 saturated heterocycles. The summed E-state index contributed by atoms with van der Waals surface area (Å²) in [5.41, 5.74) is 0.779. The van der Waals surface area contributed by atoms with Gasteiger partial charge in [0.15, 0.2) is 6.10 Å². The average molecular weight is 228 g/mol. The number of ether oxygens (including phenoxy) is 1. The maximum Gasteiger partial charge on any atom is 0.418 e. The fraction of sp³-hybridized carbons (Fsp3) is 0.333. The van der Waals surface area contributed by atoms with Crippen LogP contribution in [0.4, 0.5) is 13.2 Å². The first-order valence-corrected chi connectivity index (χ1v) is 5.01. The van der Waals surface area contributed by atoms with E-state index < -0.39 is 18.4 Å². The number of halogens is 3. The van der Waals surface area contributed by atoms with Gasteiger partial charge < -0.3 is 4.74 Å². The minimum absolute atomic E-state index is 0.483. The summed E-state index contributed by atoms with van der Waals surface area (Å²) in [4.78, 5) is 0. The second-order valence-corrected chi connectivity index (χ2v) is 3.66. The van der Waals surface area contributed by atoms with Gasteiger partial charge in [0.25, 0.3) is 0 Å². The fourth-order valence-electron chi connectivity index (χ4n) is 1.67. The largest absolute Gasteiger partial charge is 0.418 e. The van der Waals surface area contributed by atoms with Crippen molar-refractivity contribution in [3.8, 4) is 0 Å². The Morgan fingerprint density at radius 3 is 2.44 bits per heavy atom. The first-order valence-electron chi connectivity index (χ1n) is 5.01. The molecule has 0 aromatic heterocycles. The summed E-state index contributed by atoms with van der Waals surface area (Å²) in [7, 11) is 0. The zero-order valence-electron chi connectivity index (χ0n) is 8.45. The minimum Gasteiger partial charge on any atom is -0.356 e. The summed E-state index contributed by atoms with van der Waals surface area (Å²) in [5.74, 6) is 0. The molecule has 0 saturated carbocycles. The molecule has 4 heteroatoms.